The molecule has 2 heterocycles. The Morgan fingerprint density at radius 2 is 2.07 bits per heavy atom. The van der Waals surface area contributed by atoms with Gasteiger partial charge in [-0.3, -0.25) is 0 Å². The molecule has 0 radical (unpaired) electrons. The summed E-state index contributed by atoms with van der Waals surface area (Å²) in [7, 11) is -1.90. The molecular weight excluding hydrogens is 234 g/mol. The van der Waals surface area contributed by atoms with Gasteiger partial charge in [0, 0.05) is 13.1 Å². The maximum Gasteiger partial charge on any atom is 0.256 e. The predicted octanol–water partition coefficient (Wildman–Crippen LogP) is 1.32. The summed E-state index contributed by atoms with van der Waals surface area (Å²) in [5.74, 6) is 0.423. The average Bonchev–Trinajstić information content (AvgIpc) is 2.89. The lowest BCUT2D eigenvalue weighted by atomic mass is 10.6. The highest BCUT2D eigenvalue weighted by molar-refractivity contribution is 7.91. The van der Waals surface area contributed by atoms with Crippen LogP contribution in [0.1, 0.15) is 0 Å². The van der Waals surface area contributed by atoms with Crippen molar-refractivity contribution < 1.29 is 13.2 Å². The van der Waals surface area contributed by atoms with Crippen LogP contribution in [-0.4, -0.2) is 32.9 Å². The lowest BCUT2D eigenvalue weighted by Crippen LogP contribution is -2.28. The van der Waals surface area contributed by atoms with Crippen molar-refractivity contribution >= 4 is 21.4 Å². The van der Waals surface area contributed by atoms with Crippen molar-refractivity contribution in [2.75, 3.05) is 20.2 Å². The summed E-state index contributed by atoms with van der Waals surface area (Å²) >= 11 is 1.19. The Balaban J connectivity index is 2.37. The first-order valence-corrected chi connectivity index (χ1v) is 6.75. The molecule has 1 aromatic heterocycles. The molecule has 0 saturated heterocycles. The molecule has 0 N–H and O–H groups in total. The van der Waals surface area contributed by atoms with Crippen LogP contribution in [0.4, 0.5) is 0 Å². The number of sulfonamides is 1. The fraction of sp³-hybridized carbons (Fsp3) is 0.333. The van der Waals surface area contributed by atoms with Gasteiger partial charge in [-0.1, -0.05) is 12.2 Å². The van der Waals surface area contributed by atoms with Crippen LogP contribution in [0.15, 0.2) is 27.8 Å². The molecule has 82 valence electrons. The Bertz CT molecular complexity index is 467. The summed E-state index contributed by atoms with van der Waals surface area (Å²) in [6.07, 6.45) is 3.69. The molecular formula is C9H11NO3S2. The third-order valence-electron chi connectivity index (χ3n) is 2.17. The van der Waals surface area contributed by atoms with E-state index in [1.54, 1.807) is 11.4 Å². The first-order valence-electron chi connectivity index (χ1n) is 4.43. The van der Waals surface area contributed by atoms with Gasteiger partial charge in [0.25, 0.3) is 10.0 Å². The number of thiophene rings is 1. The second kappa shape index (κ2) is 3.96. The van der Waals surface area contributed by atoms with E-state index in [0.29, 0.717) is 18.8 Å². The molecule has 1 aliphatic heterocycles. The molecule has 0 amide bonds. The quantitative estimate of drug-likeness (QED) is 0.754. The van der Waals surface area contributed by atoms with Gasteiger partial charge in [-0.25, -0.2) is 8.42 Å². The zero-order chi connectivity index (χ0) is 10.9. The maximum atomic E-state index is 12.1. The van der Waals surface area contributed by atoms with Crippen molar-refractivity contribution in [1.82, 2.24) is 4.31 Å². The van der Waals surface area contributed by atoms with Crippen LogP contribution >= 0.6 is 11.3 Å². The van der Waals surface area contributed by atoms with Gasteiger partial charge >= 0.3 is 0 Å². The summed E-state index contributed by atoms with van der Waals surface area (Å²) in [6, 6.07) is 1.67. The molecule has 15 heavy (non-hydrogen) atoms. The van der Waals surface area contributed by atoms with Crippen LogP contribution in [0.2, 0.25) is 0 Å². The fourth-order valence-corrected chi connectivity index (χ4v) is 4.15. The molecule has 6 heteroatoms. The Kier molecular flexibility index (Phi) is 2.81. The Morgan fingerprint density at radius 1 is 1.40 bits per heavy atom. The minimum Gasteiger partial charge on any atom is -0.494 e. The fourth-order valence-electron chi connectivity index (χ4n) is 1.40. The van der Waals surface area contributed by atoms with E-state index in [2.05, 4.69) is 0 Å². The van der Waals surface area contributed by atoms with E-state index in [1.807, 2.05) is 12.2 Å². The minimum atomic E-state index is -3.37. The van der Waals surface area contributed by atoms with Crippen molar-refractivity contribution in [3.05, 3.63) is 23.6 Å². The van der Waals surface area contributed by atoms with Gasteiger partial charge in [-0.05, 0) is 11.4 Å². The monoisotopic (exact) mass is 245 g/mol. The lowest BCUT2D eigenvalue weighted by Gasteiger charge is -2.14. The van der Waals surface area contributed by atoms with E-state index in [4.69, 9.17) is 4.74 Å². The highest BCUT2D eigenvalue weighted by Crippen LogP contribution is 2.32. The summed E-state index contributed by atoms with van der Waals surface area (Å²) < 4.78 is 30.9. The van der Waals surface area contributed by atoms with Crippen molar-refractivity contribution in [2.45, 2.75) is 4.21 Å². The highest BCUT2D eigenvalue weighted by Gasteiger charge is 2.29. The van der Waals surface area contributed by atoms with Crippen LogP contribution in [0.3, 0.4) is 0 Å². The summed E-state index contributed by atoms with van der Waals surface area (Å²) in [6.45, 7) is 0.896. The summed E-state index contributed by atoms with van der Waals surface area (Å²) in [4.78, 5) is 0. The van der Waals surface area contributed by atoms with Gasteiger partial charge in [0.05, 0.1) is 7.11 Å². The second-order valence-corrected chi connectivity index (χ2v) is 6.12. The molecule has 1 aromatic rings. The predicted molar refractivity (Wildman–Crippen MR) is 58.8 cm³/mol. The Hall–Kier alpha value is -0.850. The topological polar surface area (TPSA) is 46.6 Å². The molecule has 1 aliphatic rings. The smallest absolute Gasteiger partial charge is 0.256 e. The van der Waals surface area contributed by atoms with E-state index < -0.39 is 10.0 Å². The van der Waals surface area contributed by atoms with E-state index in [-0.39, 0.29) is 4.21 Å². The van der Waals surface area contributed by atoms with Crippen molar-refractivity contribution in [1.29, 1.82) is 0 Å². The van der Waals surface area contributed by atoms with Crippen LogP contribution in [0.5, 0.6) is 5.75 Å². The largest absolute Gasteiger partial charge is 0.494 e. The van der Waals surface area contributed by atoms with Crippen LogP contribution in [0.25, 0.3) is 0 Å². The summed E-state index contributed by atoms with van der Waals surface area (Å²) in [5.41, 5.74) is 0. The van der Waals surface area contributed by atoms with Crippen LogP contribution in [0, 0.1) is 0 Å². The number of methoxy groups -OCH3 is 1. The standard InChI is InChI=1S/C9H11NO3S2/c1-13-8-4-7-14-9(8)15(11,12)10-5-2-3-6-10/h2-4,7H,5-6H2,1H3. The van der Waals surface area contributed by atoms with Crippen molar-refractivity contribution in [2.24, 2.45) is 0 Å². The Morgan fingerprint density at radius 3 is 2.67 bits per heavy atom. The molecule has 2 rings (SSSR count). The third kappa shape index (κ3) is 1.80. The molecule has 0 fully saturated rings. The van der Waals surface area contributed by atoms with Gasteiger partial charge in [0.1, 0.15) is 5.75 Å². The molecule has 0 spiro atoms. The normalized spacial score (nSPS) is 17.1. The SMILES string of the molecule is COc1ccsc1S(=O)(=O)N1CC=CC1. The molecule has 0 unspecified atom stereocenters. The van der Waals surface area contributed by atoms with Crippen LogP contribution < -0.4 is 4.74 Å². The van der Waals surface area contributed by atoms with Crippen LogP contribution in [-0.2, 0) is 10.0 Å². The average molecular weight is 245 g/mol. The Labute approximate surface area is 92.8 Å². The first kappa shape index (κ1) is 10.7. The third-order valence-corrected chi connectivity index (χ3v) is 5.43. The van der Waals surface area contributed by atoms with E-state index in [9.17, 15) is 8.42 Å². The highest BCUT2D eigenvalue weighted by atomic mass is 32.2. The number of nitrogens with zero attached hydrogens (tertiary/aromatic N) is 1. The first-order chi connectivity index (χ1) is 7.16. The van der Waals surface area contributed by atoms with Crippen molar-refractivity contribution in [3.63, 3.8) is 0 Å². The lowest BCUT2D eigenvalue weighted by molar-refractivity contribution is 0.403. The molecule has 0 aromatic carbocycles. The maximum absolute atomic E-state index is 12.1. The number of hydrogen-bond acceptors (Lipinski definition) is 4. The second-order valence-electron chi connectivity index (χ2n) is 3.07. The van der Waals surface area contributed by atoms with Gasteiger partial charge in [-0.15, -0.1) is 11.3 Å². The molecule has 0 saturated carbocycles. The van der Waals surface area contributed by atoms with Gasteiger partial charge in [0.15, 0.2) is 4.21 Å². The minimum absolute atomic E-state index is 0.286. The van der Waals surface area contributed by atoms with E-state index in [0.717, 1.165) is 0 Å². The van der Waals surface area contributed by atoms with Gasteiger partial charge in [0.2, 0.25) is 0 Å². The number of rotatable bonds is 3. The molecule has 0 aliphatic carbocycles. The van der Waals surface area contributed by atoms with Gasteiger partial charge in [-0.2, -0.15) is 4.31 Å². The summed E-state index contributed by atoms with van der Waals surface area (Å²) in [5, 5.41) is 1.72. The molecule has 4 nitrogen and oxygen atoms in total. The zero-order valence-corrected chi connectivity index (χ0v) is 9.85. The zero-order valence-electron chi connectivity index (χ0n) is 8.21. The number of hydrogen-bond donors (Lipinski definition) is 0. The molecule has 0 bridgehead atoms. The van der Waals surface area contributed by atoms with Gasteiger partial charge < -0.3 is 4.74 Å². The van der Waals surface area contributed by atoms with E-state index >= 15 is 0 Å². The van der Waals surface area contributed by atoms with E-state index in [1.165, 1.54) is 22.8 Å². The van der Waals surface area contributed by atoms with Crippen molar-refractivity contribution in [3.8, 4) is 5.75 Å². The number of ether oxygens (including phenoxy) is 1. The molecule has 0 atom stereocenters.